The molecular formula is C5H9NS. The van der Waals surface area contributed by atoms with E-state index in [-0.39, 0.29) is 13.5 Å². The quantitative estimate of drug-likeness (QED) is 0.453. The molecule has 0 bridgehead atoms. The van der Waals surface area contributed by atoms with Gasteiger partial charge >= 0.3 is 0 Å². The van der Waals surface area contributed by atoms with E-state index in [2.05, 4.69) is 11.1 Å². The first-order valence-corrected chi connectivity index (χ1v) is 2.17. The Morgan fingerprint density at radius 2 is 2.14 bits per heavy atom. The molecule has 0 saturated heterocycles. The average Bonchev–Trinajstić information content (AvgIpc) is 1.72. The van der Waals surface area contributed by atoms with E-state index in [1.165, 1.54) is 6.42 Å². The van der Waals surface area contributed by atoms with E-state index in [1.54, 1.807) is 0 Å². The molecule has 2 heteroatoms. The Kier molecular flexibility index (Phi) is 3.80. The van der Waals surface area contributed by atoms with Crippen LogP contribution in [0, 0.1) is 0 Å². The lowest BCUT2D eigenvalue weighted by molar-refractivity contribution is 1.08. The molecule has 7 heavy (non-hydrogen) atoms. The van der Waals surface area contributed by atoms with Gasteiger partial charge in [-0.1, -0.05) is 6.08 Å². The summed E-state index contributed by atoms with van der Waals surface area (Å²) in [6, 6.07) is 0. The Labute approximate surface area is 50.6 Å². The number of rotatable bonds is 0. The van der Waals surface area contributed by atoms with Crippen LogP contribution in [0.25, 0.3) is 0 Å². The predicted octanol–water partition coefficient (Wildman–Crippen LogP) is 1.48. The van der Waals surface area contributed by atoms with Crippen molar-refractivity contribution in [3.63, 3.8) is 0 Å². The Morgan fingerprint density at radius 1 is 1.29 bits per heavy atom. The van der Waals surface area contributed by atoms with Crippen LogP contribution in [0.4, 0.5) is 0 Å². The number of aliphatic imine (C=N–C) groups is 1. The first kappa shape index (κ1) is 6.76. The molecule has 1 heterocycles. The molecule has 0 aromatic heterocycles. The minimum Gasteiger partial charge on any atom is -0.269 e. The van der Waals surface area contributed by atoms with Gasteiger partial charge in [-0.3, -0.25) is 4.99 Å². The first-order chi connectivity index (χ1) is 3.00. The van der Waals surface area contributed by atoms with Crippen LogP contribution < -0.4 is 0 Å². The molecule has 0 amide bonds. The van der Waals surface area contributed by atoms with E-state index in [4.69, 9.17) is 0 Å². The highest BCUT2D eigenvalue weighted by atomic mass is 32.1. The zero-order chi connectivity index (χ0) is 4.24. The molecule has 0 aliphatic carbocycles. The van der Waals surface area contributed by atoms with E-state index < -0.39 is 0 Å². The third-order valence-electron chi connectivity index (χ3n) is 0.759. The highest BCUT2D eigenvalue weighted by molar-refractivity contribution is 7.59. The summed E-state index contributed by atoms with van der Waals surface area (Å²) in [5.74, 6) is 0. The van der Waals surface area contributed by atoms with Crippen LogP contribution in [0.2, 0.25) is 0 Å². The summed E-state index contributed by atoms with van der Waals surface area (Å²) in [6.07, 6.45) is 8.13. The van der Waals surface area contributed by atoms with Crippen LogP contribution in [0.15, 0.2) is 17.3 Å². The maximum absolute atomic E-state index is 3.87. The largest absolute Gasteiger partial charge is 0.269 e. The molecule has 0 saturated carbocycles. The summed E-state index contributed by atoms with van der Waals surface area (Å²) in [6.45, 7) is 0. The van der Waals surface area contributed by atoms with Gasteiger partial charge in [0.25, 0.3) is 0 Å². The van der Waals surface area contributed by atoms with E-state index in [9.17, 15) is 0 Å². The lowest BCUT2D eigenvalue weighted by Crippen LogP contribution is -1.75. The molecule has 1 nitrogen and oxygen atoms in total. The van der Waals surface area contributed by atoms with Crippen molar-refractivity contribution in [2.75, 3.05) is 0 Å². The molecule has 0 N–H and O–H groups in total. The van der Waals surface area contributed by atoms with E-state index >= 15 is 0 Å². The van der Waals surface area contributed by atoms with Crippen molar-refractivity contribution < 1.29 is 0 Å². The van der Waals surface area contributed by atoms with Crippen LogP contribution in [0.3, 0.4) is 0 Å². The van der Waals surface area contributed by atoms with E-state index in [0.29, 0.717) is 0 Å². The van der Waals surface area contributed by atoms with Crippen LogP contribution in [-0.4, -0.2) is 6.21 Å². The van der Waals surface area contributed by atoms with Crippen molar-refractivity contribution in [2.24, 2.45) is 4.99 Å². The number of hydrogen-bond acceptors (Lipinski definition) is 1. The van der Waals surface area contributed by atoms with Crippen molar-refractivity contribution in [3.05, 3.63) is 12.3 Å². The van der Waals surface area contributed by atoms with Crippen LogP contribution in [0.1, 0.15) is 12.8 Å². The van der Waals surface area contributed by atoms with Crippen LogP contribution in [0.5, 0.6) is 0 Å². The Morgan fingerprint density at radius 3 is 2.29 bits per heavy atom. The minimum absolute atomic E-state index is 0. The van der Waals surface area contributed by atoms with Crippen LogP contribution in [-0.2, 0) is 0 Å². The minimum atomic E-state index is 0. The molecule has 1 aliphatic rings. The molecule has 0 atom stereocenters. The van der Waals surface area contributed by atoms with E-state index in [0.717, 1.165) is 6.42 Å². The summed E-state index contributed by atoms with van der Waals surface area (Å²) in [7, 11) is 0. The second-order valence-electron chi connectivity index (χ2n) is 1.29. The maximum atomic E-state index is 3.87. The van der Waals surface area contributed by atoms with Gasteiger partial charge in [0.05, 0.1) is 0 Å². The molecule has 0 fully saturated rings. The molecular weight excluding hydrogens is 106 g/mol. The van der Waals surface area contributed by atoms with Gasteiger partial charge < -0.3 is 0 Å². The first-order valence-electron chi connectivity index (χ1n) is 2.17. The van der Waals surface area contributed by atoms with Crippen molar-refractivity contribution in [1.29, 1.82) is 0 Å². The summed E-state index contributed by atoms with van der Waals surface area (Å²) >= 11 is 0. The summed E-state index contributed by atoms with van der Waals surface area (Å²) in [4.78, 5) is 3.87. The number of allylic oxidation sites excluding steroid dienone is 1. The van der Waals surface area contributed by atoms with Gasteiger partial charge in [0, 0.05) is 12.4 Å². The van der Waals surface area contributed by atoms with Crippen molar-refractivity contribution in [3.8, 4) is 0 Å². The van der Waals surface area contributed by atoms with E-state index in [1.807, 2.05) is 12.4 Å². The van der Waals surface area contributed by atoms with Gasteiger partial charge in [0.2, 0.25) is 0 Å². The van der Waals surface area contributed by atoms with Crippen molar-refractivity contribution in [1.82, 2.24) is 0 Å². The zero-order valence-corrected chi connectivity index (χ0v) is 5.09. The van der Waals surface area contributed by atoms with Gasteiger partial charge in [0.1, 0.15) is 0 Å². The summed E-state index contributed by atoms with van der Waals surface area (Å²) in [5, 5.41) is 0. The lowest BCUT2D eigenvalue weighted by atomic mass is 10.3. The normalized spacial score (nSPS) is 16.0. The summed E-state index contributed by atoms with van der Waals surface area (Å²) < 4.78 is 0. The fraction of sp³-hybridized carbons (Fsp3) is 0.400. The molecule has 0 aromatic rings. The molecule has 0 unspecified atom stereocenters. The Hall–Kier alpha value is -0.240. The molecule has 1 rings (SSSR count). The SMILES string of the molecule is C1=CN=CCC1.S. The Balaban J connectivity index is 0.000000360. The predicted molar refractivity (Wildman–Crippen MR) is 37.2 cm³/mol. The second-order valence-corrected chi connectivity index (χ2v) is 1.29. The number of nitrogens with zero attached hydrogens (tertiary/aromatic N) is 1. The van der Waals surface area contributed by atoms with Gasteiger partial charge in [-0.05, 0) is 12.8 Å². The molecule has 40 valence electrons. The molecule has 1 aliphatic heterocycles. The monoisotopic (exact) mass is 115 g/mol. The maximum Gasteiger partial charge on any atom is 0.0224 e. The van der Waals surface area contributed by atoms with Crippen LogP contribution >= 0.6 is 13.5 Å². The molecule has 0 aromatic carbocycles. The standard InChI is InChI=1S/C5H7N.H2S/c1-2-4-6-5-3-1;/h2,4-5H,1,3H2;1H2. The highest BCUT2D eigenvalue weighted by Crippen LogP contribution is 1.92. The summed E-state index contributed by atoms with van der Waals surface area (Å²) in [5.41, 5.74) is 0. The smallest absolute Gasteiger partial charge is 0.0224 e. The van der Waals surface area contributed by atoms with Crippen molar-refractivity contribution >= 4 is 19.7 Å². The van der Waals surface area contributed by atoms with Crippen molar-refractivity contribution in [2.45, 2.75) is 12.8 Å². The molecule has 0 radical (unpaired) electrons. The average molecular weight is 115 g/mol. The van der Waals surface area contributed by atoms with Gasteiger partial charge in [-0.15, -0.1) is 0 Å². The topological polar surface area (TPSA) is 12.4 Å². The Bertz CT molecular complexity index is 74.1. The zero-order valence-electron chi connectivity index (χ0n) is 4.09. The third kappa shape index (κ3) is 2.45. The number of hydrogen-bond donors (Lipinski definition) is 0. The van der Waals surface area contributed by atoms with Gasteiger partial charge in [-0.25, -0.2) is 0 Å². The fourth-order valence-corrected chi connectivity index (χ4v) is 0.442. The van der Waals surface area contributed by atoms with Gasteiger partial charge in [-0.2, -0.15) is 13.5 Å². The fourth-order valence-electron chi connectivity index (χ4n) is 0.442. The third-order valence-corrected chi connectivity index (χ3v) is 0.759. The second kappa shape index (κ2) is 3.93. The lowest BCUT2D eigenvalue weighted by Gasteiger charge is -1.87. The molecule has 0 spiro atoms. The van der Waals surface area contributed by atoms with Gasteiger partial charge in [0.15, 0.2) is 0 Å². The highest BCUT2D eigenvalue weighted by Gasteiger charge is 1.78.